The lowest BCUT2D eigenvalue weighted by atomic mass is 9.98. The molecule has 0 spiro atoms. The van der Waals surface area contributed by atoms with Gasteiger partial charge in [-0.25, -0.2) is 18.7 Å². The highest BCUT2D eigenvalue weighted by Crippen LogP contribution is 2.30. The summed E-state index contributed by atoms with van der Waals surface area (Å²) in [5.74, 6) is -2.37. The Labute approximate surface area is 175 Å². The smallest absolute Gasteiger partial charge is 0.281 e. The zero-order chi connectivity index (χ0) is 21.7. The Bertz CT molecular complexity index is 1470. The number of halogens is 2. The molecule has 0 aliphatic rings. The number of carbonyl (C=O) groups excluding carboxylic acids is 1. The molecule has 151 valence electrons. The Hall–Kier alpha value is -4.13. The van der Waals surface area contributed by atoms with Gasteiger partial charge in [0.15, 0.2) is 11.6 Å². The first-order chi connectivity index (χ1) is 14.9. The standard InChI is InChI=1S/C24H15F2N4O/c1-13-8-19(25)20(26)10-17(13)14-6-7-21-18(9-14)22(29-24(27)28-21)23(31)30-11-15-4-2-3-5-16(15)12-30/h2-12H,1H2,(H2,27,28,29). The highest BCUT2D eigenvalue weighted by molar-refractivity contribution is 6.08. The number of hydrogen-bond acceptors (Lipinski definition) is 4. The zero-order valence-corrected chi connectivity index (χ0v) is 16.1. The van der Waals surface area contributed by atoms with Gasteiger partial charge in [-0.2, -0.15) is 0 Å². The van der Waals surface area contributed by atoms with E-state index < -0.39 is 11.6 Å². The molecule has 0 aliphatic heterocycles. The van der Waals surface area contributed by atoms with E-state index in [1.165, 1.54) is 4.57 Å². The average Bonchev–Trinajstić information content (AvgIpc) is 3.19. The van der Waals surface area contributed by atoms with Gasteiger partial charge in [-0.05, 0) is 58.7 Å². The van der Waals surface area contributed by atoms with Crippen LogP contribution in [0.25, 0.3) is 32.8 Å². The minimum absolute atomic E-state index is 0.0361. The predicted octanol–water partition coefficient (Wildman–Crippen LogP) is 4.98. The van der Waals surface area contributed by atoms with E-state index in [0.29, 0.717) is 27.6 Å². The summed E-state index contributed by atoms with van der Waals surface area (Å²) in [4.78, 5) is 21.7. The van der Waals surface area contributed by atoms with Gasteiger partial charge in [0.25, 0.3) is 5.91 Å². The van der Waals surface area contributed by atoms with Crippen molar-refractivity contribution in [2.24, 2.45) is 0 Å². The van der Waals surface area contributed by atoms with Gasteiger partial charge in [0.1, 0.15) is 5.69 Å². The fourth-order valence-electron chi connectivity index (χ4n) is 3.66. The summed E-state index contributed by atoms with van der Waals surface area (Å²) in [5, 5.41) is 2.26. The Morgan fingerprint density at radius 1 is 0.935 bits per heavy atom. The number of fused-ring (bicyclic) bond motifs is 2. The number of nitrogen functional groups attached to an aromatic ring is 1. The molecule has 2 N–H and O–H groups in total. The van der Waals surface area contributed by atoms with Gasteiger partial charge in [0.2, 0.25) is 5.95 Å². The SMILES string of the molecule is [CH2]c1cc(F)c(F)cc1-c1ccc2nc(N)nc(C(=O)n3cc4ccccc4c3)c2c1. The quantitative estimate of drug-likeness (QED) is 0.443. The number of benzene rings is 3. The molecule has 2 heterocycles. The van der Waals surface area contributed by atoms with Crippen LogP contribution in [0.4, 0.5) is 14.7 Å². The number of carbonyl (C=O) groups is 1. The number of rotatable bonds is 2. The van der Waals surface area contributed by atoms with E-state index in [1.54, 1.807) is 30.6 Å². The third kappa shape index (κ3) is 3.20. The minimum Gasteiger partial charge on any atom is -0.368 e. The van der Waals surface area contributed by atoms with Crippen LogP contribution in [0.15, 0.2) is 67.0 Å². The molecule has 7 heteroatoms. The number of nitrogens with zero attached hydrogens (tertiary/aromatic N) is 3. The first kappa shape index (κ1) is 18.9. The van der Waals surface area contributed by atoms with Gasteiger partial charge in [0.05, 0.1) is 5.52 Å². The van der Waals surface area contributed by atoms with Crippen LogP contribution < -0.4 is 5.73 Å². The number of anilines is 1. The van der Waals surface area contributed by atoms with E-state index >= 15 is 0 Å². The number of nitrogens with two attached hydrogens (primary N) is 1. The molecule has 0 aliphatic carbocycles. The highest BCUT2D eigenvalue weighted by Gasteiger charge is 2.18. The molecule has 0 atom stereocenters. The molecule has 0 fully saturated rings. The van der Waals surface area contributed by atoms with Gasteiger partial charge in [0, 0.05) is 17.8 Å². The van der Waals surface area contributed by atoms with E-state index in [1.807, 2.05) is 24.3 Å². The first-order valence-electron chi connectivity index (χ1n) is 9.41. The summed E-state index contributed by atoms with van der Waals surface area (Å²) >= 11 is 0. The van der Waals surface area contributed by atoms with Crippen molar-refractivity contribution in [3.05, 3.63) is 96.8 Å². The fourth-order valence-corrected chi connectivity index (χ4v) is 3.66. The van der Waals surface area contributed by atoms with Crippen molar-refractivity contribution in [1.82, 2.24) is 14.5 Å². The third-order valence-corrected chi connectivity index (χ3v) is 5.16. The molecule has 3 aromatic carbocycles. The second-order valence-electron chi connectivity index (χ2n) is 7.19. The van der Waals surface area contributed by atoms with Crippen molar-refractivity contribution in [2.45, 2.75) is 0 Å². The fraction of sp³-hybridized carbons (Fsp3) is 0. The van der Waals surface area contributed by atoms with Crippen molar-refractivity contribution in [2.75, 3.05) is 5.73 Å². The normalized spacial score (nSPS) is 11.3. The summed E-state index contributed by atoms with van der Waals surface area (Å²) in [6, 6.07) is 14.7. The Morgan fingerprint density at radius 2 is 1.61 bits per heavy atom. The summed E-state index contributed by atoms with van der Waals surface area (Å²) in [7, 11) is 0. The molecule has 2 aromatic heterocycles. The van der Waals surface area contributed by atoms with Crippen LogP contribution >= 0.6 is 0 Å². The molecule has 0 bridgehead atoms. The second kappa shape index (κ2) is 6.98. The van der Waals surface area contributed by atoms with Gasteiger partial charge in [-0.15, -0.1) is 0 Å². The zero-order valence-electron chi connectivity index (χ0n) is 16.1. The lowest BCUT2D eigenvalue weighted by Gasteiger charge is -2.11. The predicted molar refractivity (Wildman–Crippen MR) is 115 cm³/mol. The van der Waals surface area contributed by atoms with Gasteiger partial charge >= 0.3 is 0 Å². The molecule has 5 aromatic rings. The largest absolute Gasteiger partial charge is 0.368 e. The van der Waals surface area contributed by atoms with Crippen LogP contribution in [0.5, 0.6) is 0 Å². The van der Waals surface area contributed by atoms with Crippen LogP contribution in [0.2, 0.25) is 0 Å². The van der Waals surface area contributed by atoms with Crippen molar-refractivity contribution >= 4 is 33.5 Å². The number of aromatic nitrogens is 3. The minimum atomic E-state index is -0.980. The lowest BCUT2D eigenvalue weighted by molar-refractivity contribution is 0.0957. The summed E-state index contributed by atoms with van der Waals surface area (Å²) in [6.45, 7) is 3.79. The molecule has 31 heavy (non-hydrogen) atoms. The van der Waals surface area contributed by atoms with Crippen molar-refractivity contribution in [1.29, 1.82) is 0 Å². The monoisotopic (exact) mass is 413 g/mol. The van der Waals surface area contributed by atoms with Crippen molar-refractivity contribution < 1.29 is 13.6 Å². The molecule has 0 saturated carbocycles. The van der Waals surface area contributed by atoms with Crippen LogP contribution in [0, 0.1) is 18.6 Å². The maximum atomic E-state index is 13.8. The highest BCUT2D eigenvalue weighted by atomic mass is 19.2. The summed E-state index contributed by atoms with van der Waals surface area (Å²) < 4.78 is 28.8. The summed E-state index contributed by atoms with van der Waals surface area (Å²) in [5.41, 5.74) is 7.69. The van der Waals surface area contributed by atoms with Crippen LogP contribution in [-0.2, 0) is 0 Å². The molecular weight excluding hydrogens is 398 g/mol. The lowest BCUT2D eigenvalue weighted by Crippen LogP contribution is -2.14. The summed E-state index contributed by atoms with van der Waals surface area (Å²) in [6.07, 6.45) is 3.43. The Morgan fingerprint density at radius 3 is 2.32 bits per heavy atom. The van der Waals surface area contributed by atoms with E-state index in [-0.39, 0.29) is 17.5 Å². The average molecular weight is 413 g/mol. The maximum absolute atomic E-state index is 13.8. The van der Waals surface area contributed by atoms with Gasteiger partial charge < -0.3 is 5.73 Å². The third-order valence-electron chi connectivity index (χ3n) is 5.16. The van der Waals surface area contributed by atoms with Crippen LogP contribution in [-0.4, -0.2) is 20.4 Å². The molecule has 0 unspecified atom stereocenters. The second-order valence-corrected chi connectivity index (χ2v) is 7.19. The van der Waals surface area contributed by atoms with Crippen LogP contribution in [0.1, 0.15) is 16.1 Å². The molecular formula is C24H15F2N4O. The van der Waals surface area contributed by atoms with Crippen molar-refractivity contribution in [3.63, 3.8) is 0 Å². The number of hydrogen-bond donors (Lipinski definition) is 1. The van der Waals surface area contributed by atoms with Crippen molar-refractivity contribution in [3.8, 4) is 11.1 Å². The molecule has 5 rings (SSSR count). The van der Waals surface area contributed by atoms with E-state index in [0.717, 1.165) is 22.9 Å². The maximum Gasteiger partial charge on any atom is 0.281 e. The molecule has 0 amide bonds. The van der Waals surface area contributed by atoms with Gasteiger partial charge in [-0.1, -0.05) is 30.3 Å². The van der Waals surface area contributed by atoms with E-state index in [9.17, 15) is 13.6 Å². The molecule has 0 saturated heterocycles. The van der Waals surface area contributed by atoms with E-state index in [4.69, 9.17) is 5.73 Å². The Kier molecular flexibility index (Phi) is 4.25. The molecule has 1 radical (unpaired) electrons. The topological polar surface area (TPSA) is 73.8 Å². The van der Waals surface area contributed by atoms with Gasteiger partial charge in [-0.3, -0.25) is 9.36 Å². The first-order valence-corrected chi connectivity index (χ1v) is 9.41. The molecule has 5 nitrogen and oxygen atoms in total. The Balaban J connectivity index is 1.70. The van der Waals surface area contributed by atoms with E-state index in [2.05, 4.69) is 16.9 Å². The van der Waals surface area contributed by atoms with Crippen LogP contribution in [0.3, 0.4) is 0 Å².